The molecule has 7 saturated carbocycles. The highest BCUT2D eigenvalue weighted by Gasteiger charge is 2.32. The summed E-state index contributed by atoms with van der Waals surface area (Å²) in [6, 6.07) is 42.4. The lowest BCUT2D eigenvalue weighted by Crippen LogP contribution is -2.40. The van der Waals surface area contributed by atoms with E-state index >= 15 is 0 Å². The summed E-state index contributed by atoms with van der Waals surface area (Å²) < 4.78 is 68.9. The van der Waals surface area contributed by atoms with E-state index in [0.29, 0.717) is 116 Å². The van der Waals surface area contributed by atoms with Crippen molar-refractivity contribution in [2.24, 2.45) is 35.3 Å². The van der Waals surface area contributed by atoms with Crippen molar-refractivity contribution in [3.8, 4) is 46.0 Å². The van der Waals surface area contributed by atoms with Crippen LogP contribution in [-0.2, 0) is 14.3 Å². The van der Waals surface area contributed by atoms with E-state index in [9.17, 15) is 38.4 Å². The van der Waals surface area contributed by atoms with Crippen molar-refractivity contribution in [1.82, 2.24) is 9.80 Å². The van der Waals surface area contributed by atoms with Gasteiger partial charge in [0.05, 0.1) is 127 Å². The predicted molar refractivity (Wildman–Crippen MR) is 575 cm³/mol. The van der Waals surface area contributed by atoms with E-state index in [2.05, 4.69) is 48.6 Å². The van der Waals surface area contributed by atoms with E-state index in [1.165, 1.54) is 76.7 Å². The van der Waals surface area contributed by atoms with Gasteiger partial charge in [-0.25, -0.2) is 0 Å². The zero-order chi connectivity index (χ0) is 103. The second kappa shape index (κ2) is 59.7. The number of ether oxygens (including phenoxy) is 7. The summed E-state index contributed by atoms with van der Waals surface area (Å²) in [6.07, 6.45) is 30.1. The summed E-state index contributed by atoms with van der Waals surface area (Å²) in [6.45, 7) is 17.1. The van der Waals surface area contributed by atoms with Gasteiger partial charge in [0.25, 0.3) is 10.1 Å². The molecule has 0 amide bonds. The van der Waals surface area contributed by atoms with Gasteiger partial charge in [-0.05, 0) is 343 Å². The van der Waals surface area contributed by atoms with Gasteiger partial charge in [-0.15, -0.1) is 0 Å². The molecule has 142 heavy (non-hydrogen) atoms. The van der Waals surface area contributed by atoms with Crippen LogP contribution in [0, 0.1) is 29.6 Å². The SMILES string of the molecule is CC[C@@H](C)C(=O)c1ccc(OC2CCC2)c(Cl)c1.C[C@H](CN1CCCC1)[C@H](O)c1ccc(OC2CCC2)c(Cl)c1.C[C@H](CO)C(=O)c1ccc(OC2CCC2)c(Cl)c1.C[C@H](CO)[C@H](O)c1ccc(OC2CCC2)c(Cl)c1.C[C@H](COS(C)(=O)=O)[C@H](O)c1ccc(OC2CCC2)c(Cl)c1.Clc1cc(Br)ccc1OC1CCC1.N[C@H](CN1CCCC1)[C@H](O)c1ccc(OC2CCC2)c(Cl)c1.Oc1ccc(Br)cc1Cl. The number of phenols is 1. The summed E-state index contributed by atoms with van der Waals surface area (Å²) in [5.74, 6) is 4.27. The number of aliphatic hydroxyl groups excluding tert-OH is 6. The zero-order valence-corrected chi connectivity index (χ0v) is 92.1. The zero-order valence-electron chi connectivity index (χ0n) is 82.1. The molecule has 17 rings (SSSR count). The van der Waals surface area contributed by atoms with E-state index in [-0.39, 0.29) is 85.2 Å². The first kappa shape index (κ1) is 118. The molecule has 9 N–H and O–H groups in total. The second-order valence-electron chi connectivity index (χ2n) is 38.6. The molecule has 2 heterocycles. The van der Waals surface area contributed by atoms with E-state index in [4.69, 9.17) is 151 Å². The van der Waals surface area contributed by atoms with Crippen molar-refractivity contribution in [1.29, 1.82) is 0 Å². The molecule has 2 saturated heterocycles. The molecule has 22 nitrogen and oxygen atoms in total. The van der Waals surface area contributed by atoms with Crippen LogP contribution in [0.4, 0.5) is 0 Å². The molecule has 7 aliphatic carbocycles. The number of hydrogen-bond acceptors (Lipinski definition) is 22. The number of aromatic hydroxyl groups is 1. The minimum Gasteiger partial charge on any atom is -0.506 e. The number of carbonyl (C=O) groups excluding carboxylic acids is 2. The van der Waals surface area contributed by atoms with Gasteiger partial charge in [0.15, 0.2) is 11.6 Å². The fourth-order valence-corrected chi connectivity index (χ4v) is 19.0. The third-order valence-corrected chi connectivity index (χ3v) is 30.8. The lowest BCUT2D eigenvalue weighted by atomic mass is 9.95. The van der Waals surface area contributed by atoms with Crippen LogP contribution in [0.3, 0.4) is 0 Å². The highest BCUT2D eigenvalue weighted by Crippen LogP contribution is 2.42. The fourth-order valence-electron chi connectivity index (χ4n) is 15.7. The van der Waals surface area contributed by atoms with Crippen molar-refractivity contribution < 1.29 is 91.1 Å². The molecule has 2 aliphatic heterocycles. The van der Waals surface area contributed by atoms with Crippen LogP contribution in [0.1, 0.15) is 276 Å². The average molecular weight is 2270 g/mol. The Labute approximate surface area is 896 Å². The molecular formula is C109H141Br2Cl8N3O19S. The molecule has 0 spiro atoms. The van der Waals surface area contributed by atoms with Crippen molar-refractivity contribution >= 4 is 146 Å². The number of benzene rings is 8. The first-order valence-electron chi connectivity index (χ1n) is 49.9. The van der Waals surface area contributed by atoms with Crippen molar-refractivity contribution in [2.75, 3.05) is 65.3 Å². The Morgan fingerprint density at radius 1 is 0.366 bits per heavy atom. The maximum atomic E-state index is 12.0. The molecule has 0 aromatic heterocycles. The lowest BCUT2D eigenvalue weighted by Gasteiger charge is -2.28. The van der Waals surface area contributed by atoms with Gasteiger partial charge in [0, 0.05) is 69.5 Å². The third-order valence-electron chi connectivity index (χ3n) is 26.9. The van der Waals surface area contributed by atoms with Gasteiger partial charge >= 0.3 is 0 Å². The molecule has 9 aliphatic rings. The largest absolute Gasteiger partial charge is 0.506 e. The van der Waals surface area contributed by atoms with E-state index < -0.39 is 40.5 Å². The average Bonchev–Trinajstić information content (AvgIpc) is 1.40. The van der Waals surface area contributed by atoms with Gasteiger partial charge in [-0.1, -0.05) is 190 Å². The Hall–Kier alpha value is -5.67. The highest BCUT2D eigenvalue weighted by molar-refractivity contribution is 9.10. The number of halogens is 10. The number of carbonyl (C=O) groups is 2. The highest BCUT2D eigenvalue weighted by atomic mass is 79.9. The Bertz CT molecular complexity index is 5200. The van der Waals surface area contributed by atoms with Gasteiger partial charge in [-0.3, -0.25) is 13.8 Å². The normalized spacial score (nSPS) is 18.7. The third kappa shape index (κ3) is 38.1. The number of Topliss-reactive ketones (excluding diaryl/α,β-unsaturated/α-hetero) is 2. The fraction of sp³-hybridized carbons (Fsp3) is 0.541. The van der Waals surface area contributed by atoms with E-state index in [0.717, 1.165) is 173 Å². The molecule has 10 atom stereocenters. The number of rotatable bonds is 36. The summed E-state index contributed by atoms with van der Waals surface area (Å²) in [5.41, 5.74) is 10.3. The number of aliphatic hydroxyl groups is 6. The van der Waals surface area contributed by atoms with E-state index in [1.54, 1.807) is 99.6 Å². The first-order chi connectivity index (χ1) is 67.8. The number of ketones is 2. The van der Waals surface area contributed by atoms with Crippen LogP contribution in [0.5, 0.6) is 46.0 Å². The number of nitrogens with zero attached hydrogens (tertiary/aromatic N) is 2. The van der Waals surface area contributed by atoms with Gasteiger partial charge in [-0.2, -0.15) is 8.42 Å². The van der Waals surface area contributed by atoms with Gasteiger partial charge in [0.1, 0.15) is 46.0 Å². The van der Waals surface area contributed by atoms with Crippen LogP contribution in [0.2, 0.25) is 40.2 Å². The Kier molecular flexibility index (Phi) is 49.7. The molecule has 8 aromatic carbocycles. The Morgan fingerprint density at radius 2 is 0.641 bits per heavy atom. The molecule has 9 fully saturated rings. The van der Waals surface area contributed by atoms with Crippen LogP contribution in [0.25, 0.3) is 0 Å². The van der Waals surface area contributed by atoms with Crippen LogP contribution >= 0.6 is 125 Å². The Morgan fingerprint density at radius 3 is 0.915 bits per heavy atom. The van der Waals surface area contributed by atoms with Crippen molar-refractivity contribution in [3.05, 3.63) is 228 Å². The molecule has 0 bridgehead atoms. The molecule has 8 aromatic rings. The first-order valence-corrected chi connectivity index (χ1v) is 56.3. The summed E-state index contributed by atoms with van der Waals surface area (Å²) in [5, 5.41) is 72.3. The maximum absolute atomic E-state index is 12.0. The quantitative estimate of drug-likeness (QED) is 0.0134. The van der Waals surface area contributed by atoms with Gasteiger partial charge in [0.2, 0.25) is 0 Å². The van der Waals surface area contributed by atoms with Crippen molar-refractivity contribution in [3.63, 3.8) is 0 Å². The summed E-state index contributed by atoms with van der Waals surface area (Å²) in [4.78, 5) is 28.6. The molecule has 0 unspecified atom stereocenters. The number of phenolic OH excluding ortho intramolecular Hbond substituents is 1. The number of likely N-dealkylation sites (tertiary alicyclic amines) is 2. The standard InChI is InChI=1S/C18H26ClNO2.C17H25ClN2O2.C15H21ClO5S.C15H19ClO2.C14H19ClO3.C14H17ClO3.C10H10BrClO.C6H4BrClO/c1-13(12-20-9-2-3-10-20)18(21)14-7-8-17(16(19)11-14)22-15-5-4-6-15;18-14-10-12(6-7-16(14)22-13-4-3-5-13)17(21)15(19)11-20-8-1-2-9-20;1-10(9-20-22(2,18)19)15(17)11-6-7-14(13(16)8-11)21-12-4-3-5-12;1-3-10(2)15(17)11-7-8-14(13(16)9-11)18-12-5-4-6-12;2*1-9(8-16)14(17)10-5-6-13(12(15)7-10)18-11-3-2-4-11;11-7-4-5-10(9(12)6-7)13-8-2-1-3-8;7-4-1-2-6(9)5(8)3-4/h7-8,11,13,15,18,21H,2-6,9-10,12H2,1H3;6-7,10,13,15,17,21H,1-5,8-9,11,19H2;6-8,10,12,15,17H,3-5,9H2,1-2H3;7-10,12H,3-6H2,1-2H3;5-7,9,11,14,16-17H,2-4,8H2,1H3;5-7,9,11,16H,2-4,8H2,1H3;4-6,8H,1-3H2;1-3,9H/t13-,18+;15-,17-;10-,15+;10-;9-,14+;9-;;/m111111../s1. The van der Waals surface area contributed by atoms with E-state index in [1.807, 2.05) is 74.5 Å². The number of nitrogens with two attached hydrogens (primary N) is 1. The second-order valence-corrected chi connectivity index (χ2v) is 45.3. The molecule has 782 valence electrons. The Balaban J connectivity index is 0.000000169. The molecule has 0 radical (unpaired) electrons. The lowest BCUT2D eigenvalue weighted by molar-refractivity contribution is 0.0768. The monoisotopic (exact) mass is 2270 g/mol. The molecular weight excluding hydrogens is 2130 g/mol. The minimum absolute atomic E-state index is 0.0412. The van der Waals surface area contributed by atoms with Gasteiger partial charge < -0.3 is 84.4 Å². The van der Waals surface area contributed by atoms with Crippen LogP contribution in [0.15, 0.2) is 155 Å². The number of hydrogen-bond donors (Lipinski definition) is 8. The summed E-state index contributed by atoms with van der Waals surface area (Å²) >= 11 is 55.3. The maximum Gasteiger partial charge on any atom is 0.264 e. The molecule has 33 heteroatoms. The van der Waals surface area contributed by atoms with Crippen molar-refractivity contribution in [2.45, 2.75) is 282 Å². The predicted octanol–water partition coefficient (Wildman–Crippen LogP) is 27.0. The van der Waals surface area contributed by atoms with Crippen LogP contribution in [-0.4, -0.2) is 180 Å². The van der Waals surface area contributed by atoms with Crippen LogP contribution < -0.4 is 38.9 Å². The minimum atomic E-state index is -3.52. The topological polar surface area (TPSA) is 316 Å². The smallest absolute Gasteiger partial charge is 0.264 e. The summed E-state index contributed by atoms with van der Waals surface area (Å²) in [7, 11) is -3.52.